The molecule has 0 saturated heterocycles. The van der Waals surface area contributed by atoms with Crippen molar-refractivity contribution in [1.29, 1.82) is 0 Å². The Morgan fingerprint density at radius 2 is 2.05 bits per heavy atom. The third-order valence-corrected chi connectivity index (χ3v) is 3.99. The Labute approximate surface area is 112 Å². The fraction of sp³-hybridized carbons (Fsp3) is 0.364. The van der Waals surface area contributed by atoms with E-state index in [2.05, 4.69) is 4.72 Å². The van der Waals surface area contributed by atoms with E-state index in [9.17, 15) is 13.2 Å². The highest BCUT2D eigenvalue weighted by atomic mass is 32.2. The van der Waals surface area contributed by atoms with Gasteiger partial charge in [0.25, 0.3) is 0 Å². The second kappa shape index (κ2) is 5.89. The van der Waals surface area contributed by atoms with Gasteiger partial charge in [-0.3, -0.25) is 4.79 Å². The fourth-order valence-corrected chi connectivity index (χ4v) is 2.65. The Balaban J connectivity index is 3.06. The predicted molar refractivity (Wildman–Crippen MR) is 71.1 cm³/mol. The standard InChI is InChI=1S/C11H17N3O4S/c1-7-5-9(18-2)10(6-8(7)12)19(16,17)14-4-3-11(13)15/h5-6,14H,3-4,12H2,1-2H3,(H2,13,15). The number of ether oxygens (including phenoxy) is 1. The van der Waals surface area contributed by atoms with E-state index >= 15 is 0 Å². The first-order chi connectivity index (χ1) is 8.77. The van der Waals surface area contributed by atoms with Crippen molar-refractivity contribution in [3.63, 3.8) is 0 Å². The number of anilines is 1. The molecular formula is C11H17N3O4S. The lowest BCUT2D eigenvalue weighted by Gasteiger charge is -2.12. The number of aryl methyl sites for hydroxylation is 1. The van der Waals surface area contributed by atoms with E-state index < -0.39 is 15.9 Å². The van der Waals surface area contributed by atoms with Gasteiger partial charge in [-0.15, -0.1) is 0 Å². The molecule has 7 nitrogen and oxygen atoms in total. The van der Waals surface area contributed by atoms with Crippen molar-refractivity contribution in [3.8, 4) is 5.75 Å². The monoisotopic (exact) mass is 287 g/mol. The molecule has 0 saturated carbocycles. The van der Waals surface area contributed by atoms with Crippen LogP contribution in [0.3, 0.4) is 0 Å². The van der Waals surface area contributed by atoms with E-state index in [0.717, 1.165) is 0 Å². The Morgan fingerprint density at radius 3 is 2.58 bits per heavy atom. The normalized spacial score (nSPS) is 11.3. The van der Waals surface area contributed by atoms with Crippen LogP contribution in [0.2, 0.25) is 0 Å². The first-order valence-electron chi connectivity index (χ1n) is 5.50. The van der Waals surface area contributed by atoms with Gasteiger partial charge in [0, 0.05) is 18.7 Å². The number of carbonyl (C=O) groups is 1. The van der Waals surface area contributed by atoms with Gasteiger partial charge in [0.05, 0.1) is 7.11 Å². The maximum absolute atomic E-state index is 12.1. The quantitative estimate of drug-likeness (QED) is 0.622. The van der Waals surface area contributed by atoms with Gasteiger partial charge in [-0.1, -0.05) is 0 Å². The number of nitrogen functional groups attached to an aromatic ring is 1. The molecule has 19 heavy (non-hydrogen) atoms. The molecule has 0 aliphatic rings. The van der Waals surface area contributed by atoms with Crippen LogP contribution in [0.4, 0.5) is 5.69 Å². The van der Waals surface area contributed by atoms with E-state index in [0.29, 0.717) is 11.3 Å². The molecule has 1 aromatic rings. The minimum Gasteiger partial charge on any atom is -0.495 e. The summed E-state index contributed by atoms with van der Waals surface area (Å²) in [4.78, 5) is 10.5. The van der Waals surface area contributed by atoms with E-state index in [-0.39, 0.29) is 23.6 Å². The van der Waals surface area contributed by atoms with Crippen molar-refractivity contribution in [1.82, 2.24) is 4.72 Å². The van der Waals surface area contributed by atoms with E-state index in [1.165, 1.54) is 19.2 Å². The second-order valence-electron chi connectivity index (χ2n) is 3.97. The zero-order valence-corrected chi connectivity index (χ0v) is 11.6. The summed E-state index contributed by atoms with van der Waals surface area (Å²) in [5, 5.41) is 0. The lowest BCUT2D eigenvalue weighted by molar-refractivity contribution is -0.117. The summed E-state index contributed by atoms with van der Waals surface area (Å²) >= 11 is 0. The smallest absolute Gasteiger partial charge is 0.244 e. The summed E-state index contributed by atoms with van der Waals surface area (Å²) in [6, 6.07) is 2.86. The average Bonchev–Trinajstić information content (AvgIpc) is 2.31. The van der Waals surface area contributed by atoms with Gasteiger partial charge >= 0.3 is 0 Å². The van der Waals surface area contributed by atoms with Gasteiger partial charge in [0.2, 0.25) is 15.9 Å². The second-order valence-corrected chi connectivity index (χ2v) is 5.71. The van der Waals surface area contributed by atoms with Crippen LogP contribution in [-0.2, 0) is 14.8 Å². The third-order valence-electron chi connectivity index (χ3n) is 2.51. The summed E-state index contributed by atoms with van der Waals surface area (Å²) in [5.41, 5.74) is 11.7. The summed E-state index contributed by atoms with van der Waals surface area (Å²) in [5.74, 6) is -0.392. The maximum atomic E-state index is 12.1. The summed E-state index contributed by atoms with van der Waals surface area (Å²) in [6.07, 6.45) is -0.0805. The predicted octanol–water partition coefficient (Wildman–Crippen LogP) is -0.260. The van der Waals surface area contributed by atoms with Crippen LogP contribution in [0.5, 0.6) is 5.75 Å². The Hall–Kier alpha value is -1.80. The molecule has 0 aliphatic heterocycles. The molecule has 0 atom stereocenters. The molecule has 1 rings (SSSR count). The Kier molecular flexibility index (Phi) is 4.73. The van der Waals surface area contributed by atoms with Crippen molar-refractivity contribution in [3.05, 3.63) is 17.7 Å². The lowest BCUT2D eigenvalue weighted by atomic mass is 10.2. The van der Waals surface area contributed by atoms with Crippen LogP contribution in [-0.4, -0.2) is 28.0 Å². The number of primary amides is 1. The fourth-order valence-electron chi connectivity index (χ4n) is 1.43. The number of nitrogens with one attached hydrogen (secondary N) is 1. The van der Waals surface area contributed by atoms with Crippen LogP contribution in [0.15, 0.2) is 17.0 Å². The van der Waals surface area contributed by atoms with Gasteiger partial charge in [0.15, 0.2) is 0 Å². The van der Waals surface area contributed by atoms with Gasteiger partial charge in [-0.25, -0.2) is 13.1 Å². The molecule has 0 heterocycles. The van der Waals surface area contributed by atoms with Crippen molar-refractivity contribution >= 4 is 21.6 Å². The molecule has 1 aromatic carbocycles. The van der Waals surface area contributed by atoms with Crippen LogP contribution in [0.25, 0.3) is 0 Å². The number of nitrogens with two attached hydrogens (primary N) is 2. The van der Waals surface area contributed by atoms with Crippen LogP contribution in [0.1, 0.15) is 12.0 Å². The zero-order valence-electron chi connectivity index (χ0n) is 10.8. The largest absolute Gasteiger partial charge is 0.495 e. The van der Waals surface area contributed by atoms with Crippen molar-refractivity contribution in [2.75, 3.05) is 19.4 Å². The van der Waals surface area contributed by atoms with E-state index in [4.69, 9.17) is 16.2 Å². The Morgan fingerprint density at radius 1 is 1.42 bits per heavy atom. The van der Waals surface area contributed by atoms with Gasteiger partial charge < -0.3 is 16.2 Å². The number of hydrogen-bond acceptors (Lipinski definition) is 5. The number of benzene rings is 1. The molecule has 0 bridgehead atoms. The molecule has 0 fully saturated rings. The molecule has 0 spiro atoms. The zero-order chi connectivity index (χ0) is 14.6. The minimum atomic E-state index is -3.80. The first-order valence-corrected chi connectivity index (χ1v) is 6.98. The van der Waals surface area contributed by atoms with E-state index in [1.54, 1.807) is 6.92 Å². The van der Waals surface area contributed by atoms with Crippen LogP contribution >= 0.6 is 0 Å². The number of sulfonamides is 1. The number of hydrogen-bond donors (Lipinski definition) is 3. The Bertz CT molecular complexity index is 584. The number of carbonyl (C=O) groups excluding carboxylic acids is 1. The topological polar surface area (TPSA) is 125 Å². The molecule has 5 N–H and O–H groups in total. The average molecular weight is 287 g/mol. The first kappa shape index (κ1) is 15.3. The molecule has 0 aliphatic carbocycles. The third kappa shape index (κ3) is 3.83. The molecule has 106 valence electrons. The highest BCUT2D eigenvalue weighted by Crippen LogP contribution is 2.28. The van der Waals surface area contributed by atoms with Gasteiger partial charge in [-0.2, -0.15) is 0 Å². The van der Waals surface area contributed by atoms with Crippen LogP contribution < -0.4 is 20.9 Å². The maximum Gasteiger partial charge on any atom is 0.244 e. The van der Waals surface area contributed by atoms with Crippen molar-refractivity contribution in [2.24, 2.45) is 5.73 Å². The summed E-state index contributed by atoms with van der Waals surface area (Å²) in [7, 11) is -2.43. The van der Waals surface area contributed by atoms with Gasteiger partial charge in [-0.05, 0) is 24.6 Å². The van der Waals surface area contributed by atoms with Crippen LogP contribution in [0, 0.1) is 6.92 Å². The minimum absolute atomic E-state index is 0.0671. The SMILES string of the molecule is COc1cc(C)c(N)cc1S(=O)(=O)NCCC(N)=O. The van der Waals surface area contributed by atoms with Crippen molar-refractivity contribution in [2.45, 2.75) is 18.2 Å². The highest BCUT2D eigenvalue weighted by Gasteiger charge is 2.20. The highest BCUT2D eigenvalue weighted by molar-refractivity contribution is 7.89. The summed E-state index contributed by atoms with van der Waals surface area (Å²) < 4.78 is 31.4. The molecule has 8 heteroatoms. The lowest BCUT2D eigenvalue weighted by Crippen LogP contribution is -2.28. The molecule has 0 aromatic heterocycles. The number of methoxy groups -OCH3 is 1. The molecule has 0 radical (unpaired) electrons. The number of amides is 1. The molecule has 0 unspecified atom stereocenters. The van der Waals surface area contributed by atoms with Gasteiger partial charge in [0.1, 0.15) is 10.6 Å². The van der Waals surface area contributed by atoms with E-state index in [1.807, 2.05) is 0 Å². The van der Waals surface area contributed by atoms with Crippen molar-refractivity contribution < 1.29 is 17.9 Å². The molecule has 1 amide bonds. The summed E-state index contributed by atoms with van der Waals surface area (Å²) in [6.45, 7) is 1.67. The number of rotatable bonds is 6. The molecular weight excluding hydrogens is 270 g/mol.